The van der Waals surface area contributed by atoms with Crippen LogP contribution < -0.4 is 4.74 Å². The van der Waals surface area contributed by atoms with Crippen molar-refractivity contribution < 1.29 is 9.84 Å². The van der Waals surface area contributed by atoms with Crippen molar-refractivity contribution in [2.75, 3.05) is 6.61 Å². The molecule has 1 aromatic carbocycles. The lowest BCUT2D eigenvalue weighted by molar-refractivity contribution is 0.214. The third-order valence-electron chi connectivity index (χ3n) is 3.71. The van der Waals surface area contributed by atoms with Gasteiger partial charge in [0.1, 0.15) is 11.9 Å². The molecule has 2 aromatic rings. The van der Waals surface area contributed by atoms with Crippen molar-refractivity contribution in [1.82, 2.24) is 0 Å². The van der Waals surface area contributed by atoms with Gasteiger partial charge in [0.25, 0.3) is 0 Å². The summed E-state index contributed by atoms with van der Waals surface area (Å²) in [6.45, 7) is 2.77. The Labute approximate surface area is 124 Å². The Morgan fingerprint density at radius 3 is 2.95 bits per heavy atom. The predicted molar refractivity (Wildman–Crippen MR) is 82.6 cm³/mol. The molecule has 0 saturated heterocycles. The molecule has 0 aliphatic heterocycles. The van der Waals surface area contributed by atoms with Gasteiger partial charge in [-0.15, -0.1) is 11.3 Å². The van der Waals surface area contributed by atoms with E-state index in [1.165, 1.54) is 23.3 Å². The molecule has 1 aliphatic carbocycles. The normalized spacial score (nSPS) is 15.1. The number of rotatable bonds is 5. The molecule has 3 rings (SSSR count). The number of para-hydroxylation sites is 1. The topological polar surface area (TPSA) is 29.5 Å². The number of thiophene rings is 1. The third kappa shape index (κ3) is 2.60. The molecule has 1 heterocycles. The molecule has 0 amide bonds. The maximum atomic E-state index is 10.7. The van der Waals surface area contributed by atoms with Crippen LogP contribution in [0.1, 0.15) is 46.8 Å². The fraction of sp³-hybridized carbons (Fsp3) is 0.412. The molecule has 0 spiro atoms. The third-order valence-corrected chi connectivity index (χ3v) is 5.00. The van der Waals surface area contributed by atoms with Crippen LogP contribution in [0.5, 0.6) is 5.75 Å². The fourth-order valence-electron chi connectivity index (χ4n) is 2.69. The minimum atomic E-state index is -0.571. The standard InChI is InChI=1S/C17H20O2S/c1-2-10-19-14-8-4-3-7-13(14)17(18)16-11-12-6-5-9-15(12)20-16/h3-4,7-8,11,17-18H,2,5-6,9-10H2,1H3. The van der Waals surface area contributed by atoms with Crippen LogP contribution in [0.2, 0.25) is 0 Å². The highest BCUT2D eigenvalue weighted by molar-refractivity contribution is 7.12. The molecule has 1 atom stereocenters. The van der Waals surface area contributed by atoms with E-state index >= 15 is 0 Å². The smallest absolute Gasteiger partial charge is 0.125 e. The number of hydrogen-bond acceptors (Lipinski definition) is 3. The number of fused-ring (bicyclic) bond motifs is 1. The van der Waals surface area contributed by atoms with Gasteiger partial charge >= 0.3 is 0 Å². The largest absolute Gasteiger partial charge is 0.493 e. The molecule has 0 saturated carbocycles. The Hall–Kier alpha value is -1.32. The lowest BCUT2D eigenvalue weighted by Gasteiger charge is -2.15. The molecule has 0 bridgehead atoms. The zero-order chi connectivity index (χ0) is 13.9. The van der Waals surface area contributed by atoms with Gasteiger partial charge in [-0.3, -0.25) is 0 Å². The van der Waals surface area contributed by atoms with Gasteiger partial charge < -0.3 is 9.84 Å². The van der Waals surface area contributed by atoms with Gasteiger partial charge in [0.2, 0.25) is 0 Å². The summed E-state index contributed by atoms with van der Waals surface area (Å²) in [5.41, 5.74) is 2.30. The number of ether oxygens (including phenoxy) is 1. The second-order valence-electron chi connectivity index (χ2n) is 5.24. The first-order chi connectivity index (χ1) is 9.79. The number of aryl methyl sites for hydroxylation is 2. The zero-order valence-electron chi connectivity index (χ0n) is 11.8. The van der Waals surface area contributed by atoms with E-state index in [0.717, 1.165) is 29.0 Å². The first-order valence-corrected chi connectivity index (χ1v) is 8.12. The van der Waals surface area contributed by atoms with Crippen molar-refractivity contribution in [2.24, 2.45) is 0 Å². The lowest BCUT2D eigenvalue weighted by atomic mass is 10.1. The monoisotopic (exact) mass is 288 g/mol. The molecular formula is C17H20O2S. The maximum Gasteiger partial charge on any atom is 0.125 e. The Kier molecular flexibility index (Phi) is 4.08. The first kappa shape index (κ1) is 13.7. The van der Waals surface area contributed by atoms with Crippen molar-refractivity contribution in [3.63, 3.8) is 0 Å². The Bertz CT molecular complexity index is 567. The molecular weight excluding hydrogens is 268 g/mol. The Morgan fingerprint density at radius 2 is 2.15 bits per heavy atom. The summed E-state index contributed by atoms with van der Waals surface area (Å²) in [4.78, 5) is 2.49. The highest BCUT2D eigenvalue weighted by atomic mass is 32.1. The van der Waals surface area contributed by atoms with Crippen molar-refractivity contribution in [1.29, 1.82) is 0 Å². The number of aliphatic hydroxyl groups is 1. The van der Waals surface area contributed by atoms with Gasteiger partial charge in [0.15, 0.2) is 0 Å². The molecule has 0 fully saturated rings. The van der Waals surface area contributed by atoms with E-state index < -0.39 is 6.10 Å². The van der Waals surface area contributed by atoms with E-state index in [0.29, 0.717) is 6.61 Å². The average Bonchev–Trinajstić information content (AvgIpc) is 3.06. The van der Waals surface area contributed by atoms with Gasteiger partial charge in [-0.25, -0.2) is 0 Å². The van der Waals surface area contributed by atoms with Crippen LogP contribution in [-0.4, -0.2) is 11.7 Å². The molecule has 1 unspecified atom stereocenters. The Balaban J connectivity index is 1.87. The minimum Gasteiger partial charge on any atom is -0.493 e. The van der Waals surface area contributed by atoms with Crippen LogP contribution in [0.25, 0.3) is 0 Å². The summed E-state index contributed by atoms with van der Waals surface area (Å²) in [6.07, 6.45) is 3.98. The first-order valence-electron chi connectivity index (χ1n) is 7.31. The molecule has 106 valence electrons. The summed E-state index contributed by atoms with van der Waals surface area (Å²) in [5, 5.41) is 10.7. The van der Waals surface area contributed by atoms with E-state index in [-0.39, 0.29) is 0 Å². The molecule has 20 heavy (non-hydrogen) atoms. The summed E-state index contributed by atoms with van der Waals surface area (Å²) < 4.78 is 5.75. The van der Waals surface area contributed by atoms with E-state index in [4.69, 9.17) is 4.74 Å². The molecule has 1 aliphatic rings. The fourth-order valence-corrected chi connectivity index (χ4v) is 3.95. The van der Waals surface area contributed by atoms with E-state index in [9.17, 15) is 5.11 Å². The second-order valence-corrected chi connectivity index (χ2v) is 6.41. The number of hydrogen-bond donors (Lipinski definition) is 1. The molecule has 1 aromatic heterocycles. The molecule has 1 N–H and O–H groups in total. The molecule has 2 nitrogen and oxygen atoms in total. The van der Waals surface area contributed by atoms with Gasteiger partial charge in [0.05, 0.1) is 6.61 Å². The van der Waals surface area contributed by atoms with Crippen LogP contribution in [-0.2, 0) is 12.8 Å². The van der Waals surface area contributed by atoms with E-state index in [1.807, 2.05) is 24.3 Å². The summed E-state index contributed by atoms with van der Waals surface area (Å²) in [5.74, 6) is 0.801. The van der Waals surface area contributed by atoms with Gasteiger partial charge in [-0.2, -0.15) is 0 Å². The summed E-state index contributed by atoms with van der Waals surface area (Å²) >= 11 is 1.75. The Morgan fingerprint density at radius 1 is 1.30 bits per heavy atom. The average molecular weight is 288 g/mol. The van der Waals surface area contributed by atoms with Crippen molar-refractivity contribution in [2.45, 2.75) is 38.7 Å². The summed E-state index contributed by atoms with van der Waals surface area (Å²) in [7, 11) is 0. The second kappa shape index (κ2) is 5.98. The zero-order valence-corrected chi connectivity index (χ0v) is 12.6. The molecule has 0 radical (unpaired) electrons. The van der Waals surface area contributed by atoms with Gasteiger partial charge in [-0.1, -0.05) is 25.1 Å². The van der Waals surface area contributed by atoms with Crippen molar-refractivity contribution in [3.8, 4) is 5.75 Å². The highest BCUT2D eigenvalue weighted by Crippen LogP contribution is 2.38. The van der Waals surface area contributed by atoms with Crippen molar-refractivity contribution >= 4 is 11.3 Å². The van der Waals surface area contributed by atoms with Crippen molar-refractivity contribution in [3.05, 3.63) is 51.2 Å². The van der Waals surface area contributed by atoms with E-state index in [2.05, 4.69) is 13.0 Å². The van der Waals surface area contributed by atoms with Gasteiger partial charge in [0, 0.05) is 15.3 Å². The molecule has 3 heteroatoms. The number of aliphatic hydroxyl groups excluding tert-OH is 1. The number of benzene rings is 1. The summed E-state index contributed by atoms with van der Waals surface area (Å²) in [6, 6.07) is 9.98. The van der Waals surface area contributed by atoms with Crippen LogP contribution in [0.15, 0.2) is 30.3 Å². The maximum absolute atomic E-state index is 10.7. The minimum absolute atomic E-state index is 0.571. The highest BCUT2D eigenvalue weighted by Gasteiger charge is 2.21. The van der Waals surface area contributed by atoms with E-state index in [1.54, 1.807) is 11.3 Å². The SMILES string of the molecule is CCCOc1ccccc1C(O)c1cc2c(s1)CCC2. The lowest BCUT2D eigenvalue weighted by Crippen LogP contribution is -2.03. The van der Waals surface area contributed by atoms with Crippen LogP contribution in [0, 0.1) is 0 Å². The van der Waals surface area contributed by atoms with Crippen LogP contribution in [0.3, 0.4) is 0 Å². The van der Waals surface area contributed by atoms with Gasteiger partial charge in [-0.05, 0) is 43.4 Å². The van der Waals surface area contributed by atoms with Crippen LogP contribution in [0.4, 0.5) is 0 Å². The quantitative estimate of drug-likeness (QED) is 0.897. The van der Waals surface area contributed by atoms with Crippen LogP contribution >= 0.6 is 11.3 Å². The predicted octanol–water partition coefficient (Wildman–Crippen LogP) is 4.11.